The molecule has 1 aromatic heterocycles. The number of amides is 2. The molecule has 6 nitrogen and oxygen atoms in total. The maximum atomic E-state index is 12.9. The van der Waals surface area contributed by atoms with Crippen LogP contribution in [0.2, 0.25) is 0 Å². The van der Waals surface area contributed by atoms with Crippen molar-refractivity contribution in [2.24, 2.45) is 0 Å². The summed E-state index contributed by atoms with van der Waals surface area (Å²) in [5, 5.41) is 3.20. The standard InChI is InChI=1S/C20H30N4O2/c25-19(21-15-9-3-1-2-4-10-15)18-22-17(16-11-5-6-14-24(16)18)20(26)23-12-7-8-13-23/h15H,1-14H2,(H,21,25). The van der Waals surface area contributed by atoms with Crippen LogP contribution in [0.25, 0.3) is 0 Å². The van der Waals surface area contributed by atoms with E-state index in [9.17, 15) is 9.59 Å². The van der Waals surface area contributed by atoms with Gasteiger partial charge in [-0.05, 0) is 44.9 Å². The number of hydrogen-bond acceptors (Lipinski definition) is 3. The van der Waals surface area contributed by atoms with Crippen LogP contribution in [0.15, 0.2) is 0 Å². The van der Waals surface area contributed by atoms with Gasteiger partial charge in [0.25, 0.3) is 11.8 Å². The van der Waals surface area contributed by atoms with Crippen molar-refractivity contribution in [2.75, 3.05) is 13.1 Å². The number of likely N-dealkylation sites (tertiary alicyclic amines) is 1. The molecule has 0 spiro atoms. The van der Waals surface area contributed by atoms with E-state index in [2.05, 4.69) is 10.3 Å². The van der Waals surface area contributed by atoms with Crippen molar-refractivity contribution in [2.45, 2.75) is 83.2 Å². The van der Waals surface area contributed by atoms with E-state index < -0.39 is 0 Å². The molecule has 0 bridgehead atoms. The van der Waals surface area contributed by atoms with Crippen LogP contribution >= 0.6 is 0 Å². The highest BCUT2D eigenvalue weighted by Gasteiger charge is 2.31. The lowest BCUT2D eigenvalue weighted by atomic mass is 10.1. The summed E-state index contributed by atoms with van der Waals surface area (Å²) >= 11 is 0. The van der Waals surface area contributed by atoms with Crippen LogP contribution in [0.3, 0.4) is 0 Å². The van der Waals surface area contributed by atoms with Crippen molar-refractivity contribution >= 4 is 11.8 Å². The predicted molar refractivity (Wildman–Crippen MR) is 99.3 cm³/mol. The minimum Gasteiger partial charge on any atom is -0.347 e. The zero-order valence-electron chi connectivity index (χ0n) is 15.6. The van der Waals surface area contributed by atoms with Crippen LogP contribution in [0.5, 0.6) is 0 Å². The molecular formula is C20H30N4O2. The third-order valence-electron chi connectivity index (χ3n) is 6.11. The zero-order valence-corrected chi connectivity index (χ0v) is 15.6. The van der Waals surface area contributed by atoms with Crippen LogP contribution in [0.1, 0.15) is 91.0 Å². The number of carbonyl (C=O) groups excluding carboxylic acids is 2. The molecule has 142 valence electrons. The topological polar surface area (TPSA) is 67.2 Å². The van der Waals surface area contributed by atoms with Gasteiger partial charge in [0.2, 0.25) is 0 Å². The van der Waals surface area contributed by atoms with Gasteiger partial charge in [-0.15, -0.1) is 0 Å². The molecule has 0 aromatic carbocycles. The van der Waals surface area contributed by atoms with Gasteiger partial charge in [-0.2, -0.15) is 0 Å². The fraction of sp³-hybridized carbons (Fsp3) is 0.750. The molecule has 4 rings (SSSR count). The van der Waals surface area contributed by atoms with E-state index in [-0.39, 0.29) is 17.9 Å². The van der Waals surface area contributed by atoms with E-state index in [4.69, 9.17) is 0 Å². The molecule has 1 N–H and O–H groups in total. The fourth-order valence-corrected chi connectivity index (χ4v) is 4.63. The Kier molecular flexibility index (Phi) is 5.27. The van der Waals surface area contributed by atoms with Crippen molar-refractivity contribution < 1.29 is 9.59 Å². The monoisotopic (exact) mass is 358 g/mol. The van der Waals surface area contributed by atoms with Crippen molar-refractivity contribution in [1.82, 2.24) is 19.8 Å². The molecule has 26 heavy (non-hydrogen) atoms. The Morgan fingerprint density at radius 1 is 0.885 bits per heavy atom. The van der Waals surface area contributed by atoms with Gasteiger partial charge >= 0.3 is 0 Å². The number of hydrogen-bond donors (Lipinski definition) is 1. The molecule has 3 aliphatic rings. The SMILES string of the molecule is O=C(NC1CCCCCC1)c1nc(C(=O)N2CCCC2)c2n1CCCC2. The van der Waals surface area contributed by atoms with Crippen molar-refractivity contribution in [3.8, 4) is 0 Å². The summed E-state index contributed by atoms with van der Waals surface area (Å²) in [6.07, 6.45) is 12.1. The molecule has 2 aliphatic heterocycles. The molecule has 0 radical (unpaired) electrons. The summed E-state index contributed by atoms with van der Waals surface area (Å²) in [6.45, 7) is 2.42. The average molecular weight is 358 g/mol. The highest BCUT2D eigenvalue weighted by atomic mass is 16.2. The minimum absolute atomic E-state index is 0.0154. The van der Waals surface area contributed by atoms with E-state index in [0.29, 0.717) is 11.5 Å². The summed E-state index contributed by atoms with van der Waals surface area (Å²) in [5.41, 5.74) is 1.50. The first-order valence-electron chi connectivity index (χ1n) is 10.4. The summed E-state index contributed by atoms with van der Waals surface area (Å²) in [5.74, 6) is 0.369. The van der Waals surface area contributed by atoms with Gasteiger partial charge in [0.05, 0.1) is 5.69 Å². The van der Waals surface area contributed by atoms with E-state index in [1.807, 2.05) is 9.47 Å². The molecular weight excluding hydrogens is 328 g/mol. The van der Waals surface area contributed by atoms with Crippen LogP contribution in [-0.4, -0.2) is 45.4 Å². The molecule has 1 aliphatic carbocycles. The van der Waals surface area contributed by atoms with Gasteiger partial charge in [0.15, 0.2) is 5.82 Å². The molecule has 1 saturated carbocycles. The van der Waals surface area contributed by atoms with Crippen LogP contribution < -0.4 is 5.32 Å². The van der Waals surface area contributed by atoms with Crippen molar-refractivity contribution in [3.63, 3.8) is 0 Å². The third-order valence-corrected chi connectivity index (χ3v) is 6.11. The first kappa shape index (κ1) is 17.6. The zero-order chi connectivity index (χ0) is 17.9. The second-order valence-corrected chi connectivity index (χ2v) is 8.00. The lowest BCUT2D eigenvalue weighted by Crippen LogP contribution is -2.36. The lowest BCUT2D eigenvalue weighted by Gasteiger charge is -2.20. The number of carbonyl (C=O) groups is 2. The fourth-order valence-electron chi connectivity index (χ4n) is 4.63. The van der Waals surface area contributed by atoms with Crippen LogP contribution in [-0.2, 0) is 13.0 Å². The highest BCUT2D eigenvalue weighted by molar-refractivity contribution is 5.97. The lowest BCUT2D eigenvalue weighted by molar-refractivity contribution is 0.0786. The highest BCUT2D eigenvalue weighted by Crippen LogP contribution is 2.24. The molecule has 1 saturated heterocycles. The van der Waals surface area contributed by atoms with E-state index >= 15 is 0 Å². The second kappa shape index (κ2) is 7.80. The number of fused-ring (bicyclic) bond motifs is 1. The van der Waals surface area contributed by atoms with Gasteiger partial charge < -0.3 is 14.8 Å². The Balaban J connectivity index is 1.57. The van der Waals surface area contributed by atoms with Crippen molar-refractivity contribution in [1.29, 1.82) is 0 Å². The summed E-state index contributed by atoms with van der Waals surface area (Å²) in [7, 11) is 0. The molecule has 0 atom stereocenters. The van der Waals surface area contributed by atoms with Gasteiger partial charge in [-0.3, -0.25) is 9.59 Å². The summed E-state index contributed by atoms with van der Waals surface area (Å²) in [6, 6.07) is 0.249. The average Bonchev–Trinajstić information content (AvgIpc) is 3.25. The maximum Gasteiger partial charge on any atom is 0.287 e. The quantitative estimate of drug-likeness (QED) is 0.845. The first-order chi connectivity index (χ1) is 12.7. The predicted octanol–water partition coefficient (Wildman–Crippen LogP) is 2.91. The van der Waals surface area contributed by atoms with E-state index in [1.165, 1.54) is 25.7 Å². The molecule has 0 unspecified atom stereocenters. The smallest absolute Gasteiger partial charge is 0.287 e. The van der Waals surface area contributed by atoms with E-state index in [0.717, 1.165) is 70.3 Å². The Bertz CT molecular complexity index is 668. The Morgan fingerprint density at radius 2 is 1.58 bits per heavy atom. The van der Waals surface area contributed by atoms with Gasteiger partial charge in [-0.25, -0.2) is 4.98 Å². The van der Waals surface area contributed by atoms with Crippen LogP contribution in [0, 0.1) is 0 Å². The number of rotatable bonds is 3. The third kappa shape index (κ3) is 3.51. The maximum absolute atomic E-state index is 12.9. The molecule has 2 fully saturated rings. The molecule has 3 heterocycles. The second-order valence-electron chi connectivity index (χ2n) is 8.00. The molecule has 2 amide bonds. The first-order valence-corrected chi connectivity index (χ1v) is 10.4. The minimum atomic E-state index is -0.0967. The number of imidazole rings is 1. The largest absolute Gasteiger partial charge is 0.347 e. The number of aromatic nitrogens is 2. The normalized spacial score (nSPS) is 21.3. The van der Waals surface area contributed by atoms with Crippen LogP contribution in [0.4, 0.5) is 0 Å². The Hall–Kier alpha value is -1.85. The summed E-state index contributed by atoms with van der Waals surface area (Å²) < 4.78 is 2.01. The number of nitrogens with one attached hydrogen (secondary N) is 1. The van der Waals surface area contributed by atoms with E-state index in [1.54, 1.807) is 0 Å². The Labute approximate surface area is 155 Å². The molecule has 1 aromatic rings. The van der Waals surface area contributed by atoms with Gasteiger partial charge in [0.1, 0.15) is 5.69 Å². The summed E-state index contributed by atoms with van der Waals surface area (Å²) in [4.78, 5) is 32.3. The molecule has 6 heteroatoms. The Morgan fingerprint density at radius 3 is 2.31 bits per heavy atom. The van der Waals surface area contributed by atoms with Crippen molar-refractivity contribution in [3.05, 3.63) is 17.2 Å². The van der Waals surface area contributed by atoms with Gasteiger partial charge in [0, 0.05) is 25.7 Å². The van der Waals surface area contributed by atoms with Gasteiger partial charge in [-0.1, -0.05) is 25.7 Å². The number of nitrogens with zero attached hydrogens (tertiary/aromatic N) is 3.